The van der Waals surface area contributed by atoms with E-state index in [-0.39, 0.29) is 48.3 Å². The number of amides is 1. The number of carbonyl (C=O) groups excluding carboxylic acids is 1. The van der Waals surface area contributed by atoms with Crippen LogP contribution in [-0.4, -0.2) is 68.2 Å². The summed E-state index contributed by atoms with van der Waals surface area (Å²) in [4.78, 5) is 23.7. The smallest absolute Gasteiger partial charge is 0.417 e. The first-order valence-corrected chi connectivity index (χ1v) is 12.4. The number of ether oxygens (including phenoxy) is 1. The molecule has 2 fully saturated rings. The van der Waals surface area contributed by atoms with E-state index in [2.05, 4.69) is 9.97 Å². The highest BCUT2D eigenvalue weighted by molar-refractivity contribution is 7.90. The average Bonchev–Trinajstić information content (AvgIpc) is 3.60. The van der Waals surface area contributed by atoms with Crippen LogP contribution in [-0.2, 0) is 16.0 Å². The third kappa shape index (κ3) is 5.40. The predicted octanol–water partition coefficient (Wildman–Crippen LogP) is 2.79. The molecule has 0 unspecified atom stereocenters. The second-order valence-electron chi connectivity index (χ2n) is 8.36. The molecule has 1 saturated carbocycles. The Kier molecular flexibility index (Phi) is 6.40. The highest BCUT2D eigenvalue weighted by Crippen LogP contribution is 2.32. The molecule has 1 aliphatic carbocycles. The van der Waals surface area contributed by atoms with E-state index >= 15 is 0 Å². The Bertz CT molecular complexity index is 1190. The molecule has 2 aromatic heterocycles. The summed E-state index contributed by atoms with van der Waals surface area (Å²) in [5.74, 6) is -1.40. The monoisotopic (exact) mass is 502 g/mol. The fourth-order valence-corrected chi connectivity index (χ4v) is 4.07. The first-order valence-electron chi connectivity index (χ1n) is 10.5. The van der Waals surface area contributed by atoms with Crippen molar-refractivity contribution < 1.29 is 35.5 Å². The number of nitrogens with zero attached hydrogens (tertiary/aromatic N) is 4. The Morgan fingerprint density at radius 1 is 1.12 bits per heavy atom. The number of alkyl halides is 3. The third-order valence-electron chi connectivity index (χ3n) is 5.65. The van der Waals surface area contributed by atoms with Gasteiger partial charge in [0.05, 0.1) is 17.1 Å². The van der Waals surface area contributed by atoms with Gasteiger partial charge in [-0.1, -0.05) is 0 Å². The summed E-state index contributed by atoms with van der Waals surface area (Å²) in [6.45, 7) is 0.855. The molecule has 13 heteroatoms. The van der Waals surface area contributed by atoms with Gasteiger partial charge in [0.25, 0.3) is 5.91 Å². The summed E-state index contributed by atoms with van der Waals surface area (Å²) < 4.78 is 82.2. The molecule has 4 rings (SSSR count). The SMILES string of the molecule is CS(=O)(=O)c1cnc(OCC2CC2)c(C(=O)N2CCN(c3ncc(C(F)(F)F)cc3F)CC2)c1. The van der Waals surface area contributed by atoms with Crippen molar-refractivity contribution in [2.45, 2.75) is 23.9 Å². The molecule has 0 spiro atoms. The van der Waals surface area contributed by atoms with Crippen LogP contribution in [0.1, 0.15) is 28.8 Å². The van der Waals surface area contributed by atoms with Crippen molar-refractivity contribution in [1.29, 1.82) is 0 Å². The number of carbonyl (C=O) groups is 1. The zero-order valence-electron chi connectivity index (χ0n) is 18.2. The summed E-state index contributed by atoms with van der Waals surface area (Å²) in [5.41, 5.74) is -1.17. The first kappa shape index (κ1) is 24.2. The van der Waals surface area contributed by atoms with Gasteiger partial charge < -0.3 is 14.5 Å². The zero-order chi connectivity index (χ0) is 24.7. The van der Waals surface area contributed by atoms with Crippen LogP contribution < -0.4 is 9.64 Å². The van der Waals surface area contributed by atoms with E-state index in [1.807, 2.05) is 0 Å². The van der Waals surface area contributed by atoms with Gasteiger partial charge in [0.2, 0.25) is 5.88 Å². The van der Waals surface area contributed by atoms with Gasteiger partial charge in [-0.3, -0.25) is 4.79 Å². The molecular weight excluding hydrogens is 480 g/mol. The quantitative estimate of drug-likeness (QED) is 0.561. The fraction of sp³-hybridized carbons (Fsp3) is 0.476. The number of anilines is 1. The van der Waals surface area contributed by atoms with E-state index < -0.39 is 33.3 Å². The van der Waals surface area contributed by atoms with Crippen molar-refractivity contribution in [2.24, 2.45) is 5.92 Å². The van der Waals surface area contributed by atoms with E-state index in [1.165, 1.54) is 15.9 Å². The molecule has 184 valence electrons. The van der Waals surface area contributed by atoms with Crippen molar-refractivity contribution in [3.63, 3.8) is 0 Å². The van der Waals surface area contributed by atoms with Gasteiger partial charge in [0.15, 0.2) is 21.5 Å². The lowest BCUT2D eigenvalue weighted by Crippen LogP contribution is -2.49. The number of aromatic nitrogens is 2. The van der Waals surface area contributed by atoms with Crippen LogP contribution in [0.3, 0.4) is 0 Å². The predicted molar refractivity (Wildman–Crippen MR) is 113 cm³/mol. The van der Waals surface area contributed by atoms with Crippen LogP contribution >= 0.6 is 0 Å². The van der Waals surface area contributed by atoms with Crippen LogP contribution in [0.5, 0.6) is 5.88 Å². The van der Waals surface area contributed by atoms with Crippen molar-refractivity contribution in [3.05, 3.63) is 41.5 Å². The maximum atomic E-state index is 14.3. The van der Waals surface area contributed by atoms with Gasteiger partial charge in [0, 0.05) is 44.8 Å². The van der Waals surface area contributed by atoms with Crippen LogP contribution in [0.25, 0.3) is 0 Å². The van der Waals surface area contributed by atoms with Gasteiger partial charge >= 0.3 is 6.18 Å². The summed E-state index contributed by atoms with van der Waals surface area (Å²) in [7, 11) is -3.62. The summed E-state index contributed by atoms with van der Waals surface area (Å²) in [5, 5.41) is 0. The zero-order valence-corrected chi connectivity index (χ0v) is 19.0. The Balaban J connectivity index is 1.49. The highest BCUT2D eigenvalue weighted by Gasteiger charge is 2.33. The summed E-state index contributed by atoms with van der Waals surface area (Å²) in [6, 6.07) is 1.63. The second kappa shape index (κ2) is 9.01. The lowest BCUT2D eigenvalue weighted by molar-refractivity contribution is -0.138. The molecule has 0 aromatic carbocycles. The van der Waals surface area contributed by atoms with E-state index in [4.69, 9.17) is 4.74 Å². The molecule has 1 amide bonds. The minimum absolute atomic E-state index is 0.0101. The minimum Gasteiger partial charge on any atom is -0.477 e. The van der Waals surface area contributed by atoms with Crippen molar-refractivity contribution in [2.75, 3.05) is 43.9 Å². The largest absolute Gasteiger partial charge is 0.477 e. The fourth-order valence-electron chi connectivity index (χ4n) is 3.50. The number of halogens is 4. The molecule has 0 bridgehead atoms. The van der Waals surface area contributed by atoms with Gasteiger partial charge in [-0.05, 0) is 30.9 Å². The van der Waals surface area contributed by atoms with Gasteiger partial charge in [0.1, 0.15) is 5.56 Å². The molecular formula is C21H22F4N4O4S. The first-order chi connectivity index (χ1) is 15.9. The topological polar surface area (TPSA) is 92.7 Å². The number of rotatable bonds is 6. The Morgan fingerprint density at radius 3 is 2.35 bits per heavy atom. The lowest BCUT2D eigenvalue weighted by atomic mass is 10.2. The van der Waals surface area contributed by atoms with E-state index in [1.54, 1.807) is 0 Å². The van der Waals surface area contributed by atoms with Crippen molar-refractivity contribution in [3.8, 4) is 5.88 Å². The van der Waals surface area contributed by atoms with E-state index in [0.29, 0.717) is 24.8 Å². The standard InChI is InChI=1S/C21H22F4N4O4S/c1-34(31,32)15-9-16(19(27-11-15)33-12-13-2-3-13)20(30)29-6-4-28(5-7-29)18-17(22)8-14(10-26-18)21(23,24)25/h8-11,13H,2-7,12H2,1H3. The Labute approximate surface area is 193 Å². The third-order valence-corrected chi connectivity index (χ3v) is 6.73. The number of piperazine rings is 1. The van der Waals surface area contributed by atoms with Gasteiger partial charge in [-0.25, -0.2) is 22.8 Å². The van der Waals surface area contributed by atoms with E-state index in [0.717, 1.165) is 25.3 Å². The summed E-state index contributed by atoms with van der Waals surface area (Å²) in [6.07, 6.45) is 0.0498. The van der Waals surface area contributed by atoms with Crippen LogP contribution in [0, 0.1) is 11.7 Å². The molecule has 34 heavy (non-hydrogen) atoms. The number of sulfone groups is 1. The van der Waals surface area contributed by atoms with Crippen LogP contribution in [0.15, 0.2) is 29.4 Å². The molecule has 0 radical (unpaired) electrons. The Morgan fingerprint density at radius 2 is 1.79 bits per heavy atom. The minimum atomic E-state index is -4.70. The normalized spacial score (nSPS) is 17.1. The molecule has 1 aliphatic heterocycles. The molecule has 1 saturated heterocycles. The number of hydrogen-bond acceptors (Lipinski definition) is 7. The molecule has 2 aromatic rings. The van der Waals surface area contributed by atoms with E-state index in [9.17, 15) is 30.8 Å². The maximum absolute atomic E-state index is 14.3. The molecule has 0 N–H and O–H groups in total. The van der Waals surface area contributed by atoms with Gasteiger partial charge in [-0.2, -0.15) is 13.2 Å². The molecule has 8 nitrogen and oxygen atoms in total. The lowest BCUT2D eigenvalue weighted by Gasteiger charge is -2.35. The molecule has 0 atom stereocenters. The van der Waals surface area contributed by atoms with Gasteiger partial charge in [-0.15, -0.1) is 0 Å². The van der Waals surface area contributed by atoms with Crippen molar-refractivity contribution in [1.82, 2.24) is 14.9 Å². The highest BCUT2D eigenvalue weighted by atomic mass is 32.2. The summed E-state index contributed by atoms with van der Waals surface area (Å²) >= 11 is 0. The Hall–Kier alpha value is -2.96. The average molecular weight is 502 g/mol. The van der Waals surface area contributed by atoms with Crippen molar-refractivity contribution >= 4 is 21.6 Å². The number of pyridine rings is 2. The molecule has 3 heterocycles. The molecule has 2 aliphatic rings. The number of hydrogen-bond donors (Lipinski definition) is 0. The van der Waals surface area contributed by atoms with Crippen LogP contribution in [0.4, 0.5) is 23.4 Å². The second-order valence-corrected chi connectivity index (χ2v) is 10.4. The van der Waals surface area contributed by atoms with Crippen LogP contribution in [0.2, 0.25) is 0 Å². The maximum Gasteiger partial charge on any atom is 0.417 e.